The number of H-pyrrole nitrogens is 1. The van der Waals surface area contributed by atoms with Crippen molar-refractivity contribution >= 4 is 15.9 Å². The molecule has 17 heteroatoms. The highest BCUT2D eigenvalue weighted by Crippen LogP contribution is 2.19. The second kappa shape index (κ2) is 17.8. The third-order valence-electron chi connectivity index (χ3n) is 7.55. The van der Waals surface area contributed by atoms with Crippen molar-refractivity contribution in [3.63, 3.8) is 0 Å². The van der Waals surface area contributed by atoms with Gasteiger partial charge in [0, 0.05) is 49.0 Å². The fourth-order valence-electron chi connectivity index (χ4n) is 4.94. The van der Waals surface area contributed by atoms with Crippen LogP contribution >= 0.6 is 15.9 Å². The zero-order valence-corrected chi connectivity index (χ0v) is 31.8. The predicted octanol–water partition coefficient (Wildman–Crippen LogP) is 5.77. The highest BCUT2D eigenvalue weighted by molar-refractivity contribution is 9.10. The molecule has 8 aromatic heterocycles. The Morgan fingerprint density at radius 3 is 1.67 bits per heavy atom. The maximum Gasteiger partial charge on any atom is 0.356 e. The molecular weight excluding hydrogens is 764 g/mol. The molecule has 55 heavy (non-hydrogen) atoms. The number of pyridine rings is 4. The number of hydrogen-bond acceptors (Lipinski definition) is 12. The van der Waals surface area contributed by atoms with Crippen LogP contribution in [0.5, 0.6) is 0 Å². The monoisotopic (exact) mass is 798 g/mol. The molecule has 0 spiro atoms. The summed E-state index contributed by atoms with van der Waals surface area (Å²) in [5.41, 5.74) is 2.10. The zero-order valence-electron chi connectivity index (χ0n) is 30.2. The fourth-order valence-corrected chi connectivity index (χ4v) is 5.28. The van der Waals surface area contributed by atoms with Gasteiger partial charge in [0.2, 0.25) is 0 Å². The molecular formula is C38H35BrN14O2. The van der Waals surface area contributed by atoms with Crippen molar-refractivity contribution in [1.82, 2.24) is 69.0 Å². The summed E-state index contributed by atoms with van der Waals surface area (Å²) < 4.78 is 4.97. The van der Waals surface area contributed by atoms with Crippen LogP contribution in [0.15, 0.2) is 137 Å². The lowest BCUT2D eigenvalue weighted by Gasteiger charge is -2.08. The second-order valence-corrected chi connectivity index (χ2v) is 13.0. The number of rotatable bonds is 7. The van der Waals surface area contributed by atoms with Gasteiger partial charge in [-0.25, -0.2) is 44.1 Å². The van der Waals surface area contributed by atoms with Crippen molar-refractivity contribution < 1.29 is 0 Å². The summed E-state index contributed by atoms with van der Waals surface area (Å²) >= 11 is 3.29. The standard InChI is InChI=1S/C19H17N7O.C10H12N4O.C9H6BrN3/c1-13(2)18-24-26(14-6-4-9-20-12-14)19(27)25(18)16-8-3-7-15(23-16)17-21-10-5-11-22-17;1-7(2)9-12-10(15)14(13-9)8-4-3-5-11-6-8;10-8-4-1-3-7(13-8)9-11-5-2-6-12-9/h3-13H,1-2H3;3-7H,1-2H3,(H,12,13,15);1-6H. The number of hydrogen-bond donors (Lipinski definition) is 1. The third-order valence-corrected chi connectivity index (χ3v) is 7.99. The molecule has 0 aliphatic carbocycles. The number of aromatic amines is 1. The Hall–Kier alpha value is -6.88. The molecule has 0 saturated carbocycles. The van der Waals surface area contributed by atoms with Crippen molar-refractivity contribution in [3.05, 3.63) is 160 Å². The molecule has 0 atom stereocenters. The van der Waals surface area contributed by atoms with E-state index in [4.69, 9.17) is 0 Å². The largest absolute Gasteiger partial charge is 0.356 e. The zero-order chi connectivity index (χ0) is 38.7. The van der Waals surface area contributed by atoms with Gasteiger partial charge in [0.25, 0.3) is 0 Å². The molecule has 8 heterocycles. The van der Waals surface area contributed by atoms with Gasteiger partial charge in [-0.15, -0.1) is 10.2 Å². The topological polar surface area (TPSA) is 194 Å². The Labute approximate surface area is 323 Å². The SMILES string of the molecule is Brc1cccc(-c2ncccn2)n1.CC(C)c1nn(-c2cccnc2)c(=O)[nH]1.CC(C)c1nn(-c2cccnc2)c(=O)n1-c1cccc(-c2ncccn2)n1. The molecule has 1 N–H and O–H groups in total. The van der Waals surface area contributed by atoms with Crippen LogP contribution in [0.3, 0.4) is 0 Å². The van der Waals surface area contributed by atoms with Gasteiger partial charge >= 0.3 is 11.4 Å². The van der Waals surface area contributed by atoms with Gasteiger partial charge < -0.3 is 0 Å². The molecule has 0 amide bonds. The van der Waals surface area contributed by atoms with E-state index in [1.165, 1.54) is 13.9 Å². The van der Waals surface area contributed by atoms with Crippen molar-refractivity contribution in [2.75, 3.05) is 0 Å². The first kappa shape index (κ1) is 37.9. The first-order chi connectivity index (χ1) is 26.7. The summed E-state index contributed by atoms with van der Waals surface area (Å²) in [5, 5.41) is 8.70. The fraction of sp³-hybridized carbons (Fsp3) is 0.158. The summed E-state index contributed by atoms with van der Waals surface area (Å²) in [6, 6.07) is 21.7. The van der Waals surface area contributed by atoms with Crippen LogP contribution in [0.25, 0.3) is 40.2 Å². The van der Waals surface area contributed by atoms with Gasteiger partial charge in [-0.2, -0.15) is 9.36 Å². The van der Waals surface area contributed by atoms with Crippen LogP contribution in [-0.4, -0.2) is 69.0 Å². The first-order valence-corrected chi connectivity index (χ1v) is 17.9. The van der Waals surface area contributed by atoms with E-state index in [0.717, 1.165) is 10.3 Å². The summed E-state index contributed by atoms with van der Waals surface area (Å²) in [5.74, 6) is 3.14. The Morgan fingerprint density at radius 2 is 1.16 bits per heavy atom. The summed E-state index contributed by atoms with van der Waals surface area (Å²) in [6.07, 6.45) is 13.2. The Kier molecular flexibility index (Phi) is 12.2. The molecule has 0 fully saturated rings. The molecule has 0 radical (unpaired) electrons. The van der Waals surface area contributed by atoms with Crippen LogP contribution in [0, 0.1) is 0 Å². The second-order valence-electron chi connectivity index (χ2n) is 12.2. The Balaban J connectivity index is 0.000000155. The van der Waals surface area contributed by atoms with Crippen LogP contribution in [-0.2, 0) is 0 Å². The number of halogens is 1. The van der Waals surface area contributed by atoms with E-state index in [1.807, 2.05) is 58.0 Å². The van der Waals surface area contributed by atoms with Gasteiger partial charge in [0.15, 0.2) is 11.6 Å². The number of aromatic nitrogens is 14. The lowest BCUT2D eigenvalue weighted by atomic mass is 10.2. The van der Waals surface area contributed by atoms with Crippen molar-refractivity contribution in [3.8, 4) is 40.2 Å². The van der Waals surface area contributed by atoms with E-state index in [1.54, 1.807) is 92.0 Å². The van der Waals surface area contributed by atoms with Crippen molar-refractivity contribution in [2.45, 2.75) is 39.5 Å². The quantitative estimate of drug-likeness (QED) is 0.192. The predicted molar refractivity (Wildman–Crippen MR) is 209 cm³/mol. The molecule has 0 aromatic carbocycles. The summed E-state index contributed by atoms with van der Waals surface area (Å²) in [6.45, 7) is 7.92. The van der Waals surface area contributed by atoms with Crippen molar-refractivity contribution in [1.29, 1.82) is 0 Å². The highest BCUT2D eigenvalue weighted by Gasteiger charge is 2.20. The van der Waals surface area contributed by atoms with Gasteiger partial charge in [0.1, 0.15) is 33.5 Å². The minimum absolute atomic E-state index is 0.0223. The maximum absolute atomic E-state index is 13.1. The molecule has 0 aliphatic heterocycles. The molecule has 0 aliphatic rings. The van der Waals surface area contributed by atoms with Gasteiger partial charge in [-0.3, -0.25) is 15.0 Å². The smallest absolute Gasteiger partial charge is 0.292 e. The molecule has 8 aromatic rings. The third kappa shape index (κ3) is 9.38. The van der Waals surface area contributed by atoms with Crippen LogP contribution in [0.1, 0.15) is 51.2 Å². The lowest BCUT2D eigenvalue weighted by Crippen LogP contribution is -2.24. The average Bonchev–Trinajstić information content (AvgIpc) is 3.80. The molecule has 16 nitrogen and oxygen atoms in total. The maximum atomic E-state index is 13.1. The molecule has 8 rings (SSSR count). The van der Waals surface area contributed by atoms with E-state index in [9.17, 15) is 9.59 Å². The highest BCUT2D eigenvalue weighted by atomic mass is 79.9. The van der Waals surface area contributed by atoms with Crippen LogP contribution < -0.4 is 11.4 Å². The molecule has 0 unspecified atom stereocenters. The Morgan fingerprint density at radius 1 is 0.600 bits per heavy atom. The van der Waals surface area contributed by atoms with Crippen molar-refractivity contribution in [2.24, 2.45) is 0 Å². The van der Waals surface area contributed by atoms with Crippen LogP contribution in [0.4, 0.5) is 0 Å². The van der Waals surface area contributed by atoms with E-state index in [0.29, 0.717) is 46.2 Å². The summed E-state index contributed by atoms with van der Waals surface area (Å²) in [7, 11) is 0. The Bertz CT molecular complexity index is 2560. The van der Waals surface area contributed by atoms with E-state index >= 15 is 0 Å². The van der Waals surface area contributed by atoms with Gasteiger partial charge in [-0.1, -0.05) is 39.8 Å². The van der Waals surface area contributed by atoms with E-state index in [-0.39, 0.29) is 23.2 Å². The normalized spacial score (nSPS) is 10.7. The summed E-state index contributed by atoms with van der Waals surface area (Å²) in [4.78, 5) is 60.9. The van der Waals surface area contributed by atoms with E-state index in [2.05, 4.69) is 71.0 Å². The molecule has 0 saturated heterocycles. The van der Waals surface area contributed by atoms with E-state index < -0.39 is 0 Å². The molecule has 276 valence electrons. The van der Waals surface area contributed by atoms with Crippen LogP contribution in [0.2, 0.25) is 0 Å². The minimum Gasteiger partial charge on any atom is -0.292 e. The average molecular weight is 800 g/mol. The minimum atomic E-state index is -0.301. The number of nitrogens with zero attached hydrogens (tertiary/aromatic N) is 13. The molecule has 0 bridgehead atoms. The first-order valence-electron chi connectivity index (χ1n) is 17.1. The number of nitrogens with one attached hydrogen (secondary N) is 1. The van der Waals surface area contributed by atoms with Gasteiger partial charge in [0.05, 0.1) is 23.8 Å². The van der Waals surface area contributed by atoms with Gasteiger partial charge in [-0.05, 0) is 76.6 Å². The lowest BCUT2D eigenvalue weighted by molar-refractivity contribution is 0.726.